The predicted octanol–water partition coefficient (Wildman–Crippen LogP) is 3.47. The first-order valence-corrected chi connectivity index (χ1v) is 9.64. The summed E-state index contributed by atoms with van der Waals surface area (Å²) in [6, 6.07) is 12.1. The van der Waals surface area contributed by atoms with E-state index in [9.17, 15) is 4.79 Å². The van der Waals surface area contributed by atoms with Gasteiger partial charge in [0, 0.05) is 38.8 Å². The average molecular weight is 379 g/mol. The molecule has 2 aromatic heterocycles. The van der Waals surface area contributed by atoms with Gasteiger partial charge >= 0.3 is 6.03 Å². The molecule has 0 radical (unpaired) electrons. The summed E-state index contributed by atoms with van der Waals surface area (Å²) in [4.78, 5) is 18.9. The van der Waals surface area contributed by atoms with Gasteiger partial charge in [0.05, 0.1) is 5.69 Å². The summed E-state index contributed by atoms with van der Waals surface area (Å²) in [6.45, 7) is 3.97. The number of rotatable bonds is 4. The first-order valence-electron chi connectivity index (χ1n) is 9.64. The Balaban J connectivity index is 1.29. The van der Waals surface area contributed by atoms with E-state index in [1.165, 1.54) is 5.56 Å². The second-order valence-corrected chi connectivity index (χ2v) is 7.37. The van der Waals surface area contributed by atoms with Gasteiger partial charge in [0.25, 0.3) is 0 Å². The predicted molar refractivity (Wildman–Crippen MR) is 106 cm³/mol. The van der Waals surface area contributed by atoms with Crippen LogP contribution in [-0.2, 0) is 13.6 Å². The summed E-state index contributed by atoms with van der Waals surface area (Å²) < 4.78 is 7.47. The summed E-state index contributed by atoms with van der Waals surface area (Å²) in [5.41, 5.74) is 3.25. The number of carbonyl (C=O) groups is 1. The summed E-state index contributed by atoms with van der Waals surface area (Å²) in [7, 11) is 1.96. The second-order valence-electron chi connectivity index (χ2n) is 7.37. The lowest BCUT2D eigenvalue weighted by molar-refractivity contribution is 0.175. The molecule has 1 aromatic carbocycles. The highest BCUT2D eigenvalue weighted by Crippen LogP contribution is 2.28. The van der Waals surface area contributed by atoms with E-state index in [2.05, 4.69) is 34.5 Å². The van der Waals surface area contributed by atoms with Crippen LogP contribution >= 0.6 is 0 Å². The van der Waals surface area contributed by atoms with Gasteiger partial charge in [0.15, 0.2) is 0 Å². The number of piperidine rings is 1. The standard InChI is InChI=1S/C21H25N5O2/c1-15-5-7-16(8-6-15)14-22-21(27)26-12-9-17(10-13-26)20-23-19(24-28-20)18-4-3-11-25(18)2/h3-8,11,17H,9-10,12-14H2,1-2H3,(H,22,27). The van der Waals surface area contributed by atoms with Gasteiger partial charge in [-0.1, -0.05) is 35.0 Å². The number of carbonyl (C=O) groups excluding carboxylic acids is 1. The number of nitrogens with zero attached hydrogens (tertiary/aromatic N) is 4. The molecule has 7 heteroatoms. The van der Waals surface area contributed by atoms with Crippen molar-refractivity contribution in [2.75, 3.05) is 13.1 Å². The molecule has 1 saturated heterocycles. The molecule has 2 amide bonds. The van der Waals surface area contributed by atoms with Crippen LogP contribution in [0.1, 0.15) is 35.8 Å². The lowest BCUT2D eigenvalue weighted by Gasteiger charge is -2.30. The van der Waals surface area contributed by atoms with Crippen molar-refractivity contribution in [2.45, 2.75) is 32.2 Å². The molecule has 1 aliphatic rings. The number of aryl methyl sites for hydroxylation is 2. The summed E-state index contributed by atoms with van der Waals surface area (Å²) >= 11 is 0. The maximum absolute atomic E-state index is 12.4. The molecule has 0 aliphatic carbocycles. The van der Waals surface area contributed by atoms with Crippen LogP contribution in [0.25, 0.3) is 11.5 Å². The van der Waals surface area contributed by atoms with Crippen molar-refractivity contribution in [3.8, 4) is 11.5 Å². The Morgan fingerprint density at radius 2 is 1.96 bits per heavy atom. The van der Waals surface area contributed by atoms with Gasteiger partial charge < -0.3 is 19.3 Å². The minimum atomic E-state index is -0.0194. The third-order valence-corrected chi connectivity index (χ3v) is 5.31. The van der Waals surface area contributed by atoms with E-state index in [1.54, 1.807) is 0 Å². The van der Waals surface area contributed by atoms with Gasteiger partial charge in [0.1, 0.15) is 0 Å². The Morgan fingerprint density at radius 1 is 1.21 bits per heavy atom. The van der Waals surface area contributed by atoms with Crippen LogP contribution in [0.5, 0.6) is 0 Å². The molecule has 0 unspecified atom stereocenters. The van der Waals surface area contributed by atoms with E-state index >= 15 is 0 Å². The molecule has 28 heavy (non-hydrogen) atoms. The van der Waals surface area contributed by atoms with Gasteiger partial charge in [-0.3, -0.25) is 0 Å². The average Bonchev–Trinajstić information content (AvgIpc) is 3.36. The molecular formula is C21H25N5O2. The monoisotopic (exact) mass is 379 g/mol. The highest BCUT2D eigenvalue weighted by Gasteiger charge is 2.27. The molecule has 4 rings (SSSR count). The van der Waals surface area contributed by atoms with Crippen molar-refractivity contribution in [3.05, 3.63) is 59.6 Å². The molecule has 3 aromatic rings. The van der Waals surface area contributed by atoms with Crippen molar-refractivity contribution in [2.24, 2.45) is 7.05 Å². The zero-order valence-corrected chi connectivity index (χ0v) is 16.3. The number of hydrogen-bond donors (Lipinski definition) is 1. The Hall–Kier alpha value is -3.09. The van der Waals surface area contributed by atoms with Crippen LogP contribution in [0, 0.1) is 6.92 Å². The normalized spacial score (nSPS) is 15.0. The third-order valence-electron chi connectivity index (χ3n) is 5.31. The smallest absolute Gasteiger partial charge is 0.317 e. The van der Waals surface area contributed by atoms with Crippen molar-refractivity contribution >= 4 is 6.03 Å². The van der Waals surface area contributed by atoms with Crippen LogP contribution in [-0.4, -0.2) is 38.7 Å². The topological polar surface area (TPSA) is 76.2 Å². The number of nitrogens with one attached hydrogen (secondary N) is 1. The fraction of sp³-hybridized carbons (Fsp3) is 0.381. The summed E-state index contributed by atoms with van der Waals surface area (Å²) in [6.07, 6.45) is 3.61. The van der Waals surface area contributed by atoms with Crippen molar-refractivity contribution in [1.29, 1.82) is 0 Å². The van der Waals surface area contributed by atoms with E-state index < -0.39 is 0 Å². The molecular weight excluding hydrogens is 354 g/mol. The number of aromatic nitrogens is 3. The number of likely N-dealkylation sites (tertiary alicyclic amines) is 1. The summed E-state index contributed by atoms with van der Waals surface area (Å²) in [5, 5.41) is 7.12. The Bertz CT molecular complexity index is 936. The molecule has 0 spiro atoms. The number of hydrogen-bond acceptors (Lipinski definition) is 4. The SMILES string of the molecule is Cc1ccc(CNC(=O)N2CCC(c3nc(-c4cccn4C)no3)CC2)cc1. The van der Waals surface area contributed by atoms with E-state index in [0.29, 0.717) is 31.3 Å². The third kappa shape index (κ3) is 3.93. The molecule has 1 N–H and O–H groups in total. The minimum absolute atomic E-state index is 0.0194. The van der Waals surface area contributed by atoms with Gasteiger partial charge in [-0.15, -0.1) is 0 Å². The van der Waals surface area contributed by atoms with Gasteiger partial charge in [-0.2, -0.15) is 4.98 Å². The molecule has 3 heterocycles. The van der Waals surface area contributed by atoms with Crippen molar-refractivity contribution in [1.82, 2.24) is 24.9 Å². The lowest BCUT2D eigenvalue weighted by Crippen LogP contribution is -2.43. The van der Waals surface area contributed by atoms with Gasteiger partial charge in [-0.25, -0.2) is 4.79 Å². The summed E-state index contributed by atoms with van der Waals surface area (Å²) in [5.74, 6) is 1.47. The van der Waals surface area contributed by atoms with Crippen molar-refractivity contribution in [3.63, 3.8) is 0 Å². The van der Waals surface area contributed by atoms with Crippen LogP contribution in [0.3, 0.4) is 0 Å². The van der Waals surface area contributed by atoms with Crippen LogP contribution < -0.4 is 5.32 Å². The molecule has 0 bridgehead atoms. The Morgan fingerprint density at radius 3 is 2.64 bits per heavy atom. The Kier molecular flexibility index (Phi) is 5.14. The second kappa shape index (κ2) is 7.88. The maximum Gasteiger partial charge on any atom is 0.317 e. The molecule has 0 saturated carbocycles. The van der Waals surface area contributed by atoms with Gasteiger partial charge in [0.2, 0.25) is 11.7 Å². The van der Waals surface area contributed by atoms with Gasteiger partial charge in [-0.05, 0) is 37.5 Å². The fourth-order valence-corrected chi connectivity index (χ4v) is 3.52. The largest absolute Gasteiger partial charge is 0.348 e. The van der Waals surface area contributed by atoms with Crippen LogP contribution in [0.4, 0.5) is 4.79 Å². The Labute approximate surface area is 164 Å². The first kappa shape index (κ1) is 18.3. The zero-order valence-electron chi connectivity index (χ0n) is 16.3. The van der Waals surface area contributed by atoms with Crippen LogP contribution in [0.2, 0.25) is 0 Å². The van der Waals surface area contributed by atoms with E-state index in [0.717, 1.165) is 24.1 Å². The van der Waals surface area contributed by atoms with E-state index in [4.69, 9.17) is 4.52 Å². The molecule has 146 valence electrons. The number of amides is 2. The maximum atomic E-state index is 12.4. The van der Waals surface area contributed by atoms with Crippen molar-refractivity contribution < 1.29 is 9.32 Å². The highest BCUT2D eigenvalue weighted by molar-refractivity contribution is 5.74. The highest BCUT2D eigenvalue weighted by atomic mass is 16.5. The van der Waals surface area contributed by atoms with Crippen LogP contribution in [0.15, 0.2) is 47.1 Å². The number of urea groups is 1. The molecule has 0 atom stereocenters. The lowest BCUT2D eigenvalue weighted by atomic mass is 9.97. The minimum Gasteiger partial charge on any atom is -0.348 e. The molecule has 1 aliphatic heterocycles. The quantitative estimate of drug-likeness (QED) is 0.753. The first-order chi connectivity index (χ1) is 13.6. The number of benzene rings is 1. The fourth-order valence-electron chi connectivity index (χ4n) is 3.52. The molecule has 7 nitrogen and oxygen atoms in total. The zero-order chi connectivity index (χ0) is 19.5. The molecule has 1 fully saturated rings. The van der Waals surface area contributed by atoms with E-state index in [1.807, 2.05) is 47.0 Å². The van der Waals surface area contributed by atoms with E-state index in [-0.39, 0.29) is 11.9 Å².